The summed E-state index contributed by atoms with van der Waals surface area (Å²) in [5, 5.41) is 12.0. The van der Waals surface area contributed by atoms with Gasteiger partial charge in [0.2, 0.25) is 10.0 Å². The van der Waals surface area contributed by atoms with Gasteiger partial charge >= 0.3 is 0 Å². The van der Waals surface area contributed by atoms with Crippen LogP contribution in [0, 0.1) is 17.0 Å². The molecule has 11 heteroatoms. The first-order chi connectivity index (χ1) is 15.1. The maximum atomic E-state index is 13.4. The summed E-state index contributed by atoms with van der Waals surface area (Å²) in [5.41, 5.74) is 1.51. The Bertz CT molecular complexity index is 1270. The molecule has 0 aliphatic rings. The predicted molar refractivity (Wildman–Crippen MR) is 125 cm³/mol. The van der Waals surface area contributed by atoms with Crippen LogP contribution in [0.15, 0.2) is 59.5 Å². The maximum absolute atomic E-state index is 13.4. The van der Waals surface area contributed by atoms with Crippen LogP contribution in [0.2, 0.25) is 15.1 Å². The lowest BCUT2D eigenvalue weighted by molar-refractivity contribution is -0.384. The lowest BCUT2D eigenvalue weighted by Crippen LogP contribution is -2.33. The number of aryl methyl sites for hydroxylation is 1. The third kappa shape index (κ3) is 5.76. The van der Waals surface area contributed by atoms with Crippen LogP contribution in [-0.4, -0.2) is 29.2 Å². The third-order valence-corrected chi connectivity index (χ3v) is 7.43. The molecule has 0 saturated heterocycles. The Balaban J connectivity index is 1.98. The van der Waals surface area contributed by atoms with Crippen molar-refractivity contribution in [2.75, 3.05) is 6.54 Å². The van der Waals surface area contributed by atoms with Crippen molar-refractivity contribution in [3.63, 3.8) is 0 Å². The van der Waals surface area contributed by atoms with Gasteiger partial charge in [-0.05, 0) is 55.3 Å². The molecule has 0 fully saturated rings. The number of aromatic nitrogens is 1. The summed E-state index contributed by atoms with van der Waals surface area (Å²) in [5.74, 6) is 0. The van der Waals surface area contributed by atoms with Crippen LogP contribution in [0.3, 0.4) is 0 Å². The van der Waals surface area contributed by atoms with E-state index in [1.807, 2.05) is 0 Å². The van der Waals surface area contributed by atoms with Crippen molar-refractivity contribution in [1.29, 1.82) is 0 Å². The molecule has 1 heterocycles. The van der Waals surface area contributed by atoms with E-state index in [-0.39, 0.29) is 23.0 Å². The molecule has 2 aromatic carbocycles. The van der Waals surface area contributed by atoms with E-state index in [1.54, 1.807) is 43.3 Å². The normalized spacial score (nSPS) is 11.7. The number of rotatable bonds is 8. The minimum absolute atomic E-state index is 0.0222. The summed E-state index contributed by atoms with van der Waals surface area (Å²) < 4.78 is 28.1. The molecule has 3 aromatic rings. The number of nitrogens with zero attached hydrogens (tertiary/aromatic N) is 3. The predicted octanol–water partition coefficient (Wildman–Crippen LogP) is 5.69. The first-order valence-corrected chi connectivity index (χ1v) is 12.0. The Labute approximate surface area is 200 Å². The van der Waals surface area contributed by atoms with Crippen LogP contribution in [0.1, 0.15) is 17.0 Å². The molecule has 3 rings (SSSR count). The number of sulfonamides is 1. The van der Waals surface area contributed by atoms with Gasteiger partial charge in [0, 0.05) is 28.4 Å². The van der Waals surface area contributed by atoms with Crippen molar-refractivity contribution in [3.8, 4) is 0 Å². The molecule has 0 aliphatic heterocycles. The Hall–Kier alpha value is -2.23. The lowest BCUT2D eigenvalue weighted by Gasteiger charge is -2.22. The van der Waals surface area contributed by atoms with E-state index in [9.17, 15) is 18.5 Å². The number of nitro benzene ring substituents is 1. The minimum Gasteiger partial charge on any atom is -0.258 e. The van der Waals surface area contributed by atoms with Crippen molar-refractivity contribution in [2.45, 2.75) is 24.8 Å². The highest BCUT2D eigenvalue weighted by molar-refractivity contribution is 7.89. The quantitative estimate of drug-likeness (QED) is 0.284. The molecule has 0 unspecified atom stereocenters. The van der Waals surface area contributed by atoms with Gasteiger partial charge < -0.3 is 0 Å². The van der Waals surface area contributed by atoms with Gasteiger partial charge in [-0.1, -0.05) is 46.9 Å². The number of halogens is 3. The van der Waals surface area contributed by atoms with Crippen LogP contribution < -0.4 is 0 Å². The van der Waals surface area contributed by atoms with Crippen LogP contribution in [0.25, 0.3) is 0 Å². The molecular formula is C21H18Cl3N3O4S. The monoisotopic (exact) mass is 513 g/mol. The summed E-state index contributed by atoms with van der Waals surface area (Å²) in [4.78, 5) is 14.7. The zero-order valence-electron chi connectivity index (χ0n) is 16.8. The molecule has 0 amide bonds. The Morgan fingerprint density at radius 1 is 1.03 bits per heavy atom. The minimum atomic E-state index is -4.11. The average Bonchev–Trinajstić information content (AvgIpc) is 2.72. The number of benzene rings is 2. The first kappa shape index (κ1) is 24.4. The zero-order chi connectivity index (χ0) is 23.5. The van der Waals surface area contributed by atoms with Crippen LogP contribution in [-0.2, 0) is 23.0 Å². The fraction of sp³-hybridized carbons (Fsp3) is 0.190. The van der Waals surface area contributed by atoms with Gasteiger partial charge in [-0.3, -0.25) is 15.1 Å². The average molecular weight is 515 g/mol. The molecule has 32 heavy (non-hydrogen) atoms. The Kier molecular flexibility index (Phi) is 7.74. The van der Waals surface area contributed by atoms with E-state index in [4.69, 9.17) is 34.8 Å². The van der Waals surface area contributed by atoms with Crippen molar-refractivity contribution >= 4 is 50.5 Å². The van der Waals surface area contributed by atoms with Crippen molar-refractivity contribution in [2.24, 2.45) is 0 Å². The highest BCUT2D eigenvalue weighted by Gasteiger charge is 2.28. The fourth-order valence-electron chi connectivity index (χ4n) is 3.06. The van der Waals surface area contributed by atoms with E-state index in [0.717, 1.165) is 17.3 Å². The van der Waals surface area contributed by atoms with Gasteiger partial charge in [-0.25, -0.2) is 8.42 Å². The first-order valence-electron chi connectivity index (χ1n) is 9.38. The third-order valence-electron chi connectivity index (χ3n) is 4.68. The highest BCUT2D eigenvalue weighted by Crippen LogP contribution is 2.29. The number of nitro groups is 1. The summed E-state index contributed by atoms with van der Waals surface area (Å²) >= 11 is 18.0. The van der Waals surface area contributed by atoms with E-state index < -0.39 is 20.6 Å². The molecule has 0 saturated carbocycles. The Morgan fingerprint density at radius 2 is 1.78 bits per heavy atom. The second-order valence-electron chi connectivity index (χ2n) is 6.96. The van der Waals surface area contributed by atoms with Crippen LogP contribution in [0.4, 0.5) is 5.69 Å². The van der Waals surface area contributed by atoms with Crippen molar-refractivity contribution in [3.05, 3.63) is 96.7 Å². The summed E-state index contributed by atoms with van der Waals surface area (Å²) in [7, 11) is -4.11. The van der Waals surface area contributed by atoms with Gasteiger partial charge in [0.15, 0.2) is 0 Å². The molecule has 0 atom stereocenters. The second kappa shape index (κ2) is 10.1. The number of hydrogen-bond donors (Lipinski definition) is 0. The topological polar surface area (TPSA) is 93.4 Å². The summed E-state index contributed by atoms with van der Waals surface area (Å²) in [6, 6.07) is 13.7. The fourth-order valence-corrected chi connectivity index (χ4v) is 5.19. The van der Waals surface area contributed by atoms with E-state index in [1.165, 1.54) is 16.4 Å². The van der Waals surface area contributed by atoms with Gasteiger partial charge in [0.25, 0.3) is 5.69 Å². The largest absolute Gasteiger partial charge is 0.289 e. The van der Waals surface area contributed by atoms with E-state index in [0.29, 0.717) is 22.2 Å². The van der Waals surface area contributed by atoms with E-state index in [2.05, 4.69) is 4.98 Å². The van der Waals surface area contributed by atoms with Crippen molar-refractivity contribution in [1.82, 2.24) is 9.29 Å². The van der Waals surface area contributed by atoms with E-state index >= 15 is 0 Å². The standard InChI is InChI=1S/C21H18Cl3N3O4S/c1-14-3-2-4-17(25-14)13-26(10-9-15-5-6-16(22)11-20(15)24)32(30,31)18-7-8-19(23)21(12-18)27(28)29/h2-8,11-12H,9-10,13H2,1H3. The highest BCUT2D eigenvalue weighted by atomic mass is 35.5. The number of hydrogen-bond acceptors (Lipinski definition) is 5. The molecule has 0 N–H and O–H groups in total. The summed E-state index contributed by atoms with van der Waals surface area (Å²) in [6.45, 7) is 1.85. The van der Waals surface area contributed by atoms with Crippen LogP contribution >= 0.6 is 34.8 Å². The van der Waals surface area contributed by atoms with Gasteiger partial charge in [0.1, 0.15) is 5.02 Å². The zero-order valence-corrected chi connectivity index (χ0v) is 19.9. The smallest absolute Gasteiger partial charge is 0.258 e. The molecule has 0 spiro atoms. The van der Waals surface area contributed by atoms with Crippen LogP contribution in [0.5, 0.6) is 0 Å². The molecule has 168 valence electrons. The number of pyridine rings is 1. The van der Waals surface area contributed by atoms with Gasteiger partial charge in [-0.2, -0.15) is 4.31 Å². The summed E-state index contributed by atoms with van der Waals surface area (Å²) in [6.07, 6.45) is 0.302. The SMILES string of the molecule is Cc1cccc(CN(CCc2ccc(Cl)cc2Cl)S(=O)(=O)c2ccc(Cl)c([N+](=O)[O-])c2)n1. The Morgan fingerprint density at radius 3 is 2.44 bits per heavy atom. The second-order valence-corrected chi connectivity index (χ2v) is 10.2. The molecule has 0 radical (unpaired) electrons. The van der Waals surface area contributed by atoms with Gasteiger partial charge in [-0.15, -0.1) is 0 Å². The van der Waals surface area contributed by atoms with Crippen molar-refractivity contribution < 1.29 is 13.3 Å². The maximum Gasteiger partial charge on any atom is 0.289 e. The molecular weight excluding hydrogens is 497 g/mol. The van der Waals surface area contributed by atoms with Gasteiger partial charge in [0.05, 0.1) is 22.1 Å². The lowest BCUT2D eigenvalue weighted by atomic mass is 10.1. The molecule has 7 nitrogen and oxygen atoms in total. The molecule has 1 aromatic heterocycles. The molecule has 0 bridgehead atoms. The molecule has 0 aliphatic carbocycles.